The molecule has 0 spiro atoms. The van der Waals surface area contributed by atoms with Gasteiger partial charge < -0.3 is 33.0 Å². The van der Waals surface area contributed by atoms with Crippen LogP contribution in [-0.4, -0.2) is 72.4 Å². The fourth-order valence-corrected chi connectivity index (χ4v) is 6.45. The number of fused-ring (bicyclic) bond motifs is 1. The molecule has 2 aliphatic rings. The average Bonchev–Trinajstić information content (AvgIpc) is 2.97. The van der Waals surface area contributed by atoms with Crippen molar-refractivity contribution in [3.8, 4) is 22.9 Å². The molecular formula is C33H36N2O11S. The minimum Gasteiger partial charge on any atom is -0.497 e. The van der Waals surface area contributed by atoms with Gasteiger partial charge in [-0.05, 0) is 29.5 Å². The highest BCUT2D eigenvalue weighted by molar-refractivity contribution is 7.71. The lowest BCUT2D eigenvalue weighted by Crippen LogP contribution is -2.61. The zero-order valence-corrected chi connectivity index (χ0v) is 27.9. The molecule has 1 aromatic carbocycles. The number of ketones is 1. The highest BCUT2D eigenvalue weighted by Gasteiger charge is 2.54. The first-order chi connectivity index (χ1) is 22.1. The highest BCUT2D eigenvalue weighted by atomic mass is 32.1. The number of rotatable bonds is 8. The number of esters is 4. The van der Waals surface area contributed by atoms with Crippen molar-refractivity contribution in [2.75, 3.05) is 13.7 Å². The van der Waals surface area contributed by atoms with Gasteiger partial charge in [0.2, 0.25) is 0 Å². The number of Topliss-reactive ketones (excluding diaryl/α,β-unsaturated/α-hetero) is 1. The third-order valence-corrected chi connectivity index (χ3v) is 8.19. The standard InChI is InChI=1S/C33H36N2O11S/c1-16(36)42-15-25-28(43-17(2)37)29(44-18(3)38)30(45-19(4)39)31(46-25)35-23-12-33(5,6)13-24(40)27(23)26(22(14-34)32(35)47)20-8-10-21(41-7)11-9-20/h8-11,25,28-31H,12-13,15H2,1-7H3/t25-,28-,29-,30-,31+/m0/s1. The van der Waals surface area contributed by atoms with Gasteiger partial charge in [0.1, 0.15) is 29.2 Å². The van der Waals surface area contributed by atoms with E-state index in [1.807, 2.05) is 13.8 Å². The van der Waals surface area contributed by atoms with Crippen LogP contribution < -0.4 is 4.74 Å². The second-order valence-electron chi connectivity index (χ2n) is 12.1. The highest BCUT2D eigenvalue weighted by Crippen LogP contribution is 2.45. The number of benzene rings is 1. The maximum absolute atomic E-state index is 14.0. The number of hydrogen-bond acceptors (Lipinski definition) is 13. The molecule has 0 unspecified atom stereocenters. The third-order valence-electron chi connectivity index (χ3n) is 7.79. The Morgan fingerprint density at radius 3 is 2.02 bits per heavy atom. The monoisotopic (exact) mass is 668 g/mol. The average molecular weight is 669 g/mol. The van der Waals surface area contributed by atoms with E-state index in [0.717, 1.165) is 20.8 Å². The molecule has 250 valence electrons. The molecule has 0 saturated carbocycles. The van der Waals surface area contributed by atoms with Crippen LogP contribution in [0.1, 0.15) is 75.8 Å². The molecule has 2 heterocycles. The summed E-state index contributed by atoms with van der Waals surface area (Å²) >= 11 is 5.95. The molecular weight excluding hydrogens is 632 g/mol. The summed E-state index contributed by atoms with van der Waals surface area (Å²) in [6.45, 7) is 7.89. The van der Waals surface area contributed by atoms with E-state index in [0.29, 0.717) is 22.6 Å². The molecule has 1 aliphatic heterocycles. The minimum absolute atomic E-state index is 0.0233. The van der Waals surface area contributed by atoms with Crippen LogP contribution in [0.3, 0.4) is 0 Å². The van der Waals surface area contributed by atoms with Crippen molar-refractivity contribution in [2.45, 2.75) is 85.0 Å². The zero-order valence-electron chi connectivity index (χ0n) is 27.1. The van der Waals surface area contributed by atoms with Gasteiger partial charge in [-0.15, -0.1) is 0 Å². The predicted molar refractivity (Wildman–Crippen MR) is 166 cm³/mol. The lowest BCUT2D eigenvalue weighted by atomic mass is 9.73. The molecule has 1 aromatic heterocycles. The fraction of sp³-hybridized carbons (Fsp3) is 0.485. The van der Waals surface area contributed by atoms with Crippen molar-refractivity contribution >= 4 is 41.9 Å². The quantitative estimate of drug-likeness (QED) is 0.223. The second-order valence-corrected chi connectivity index (χ2v) is 12.5. The Kier molecular flexibility index (Phi) is 10.5. The van der Waals surface area contributed by atoms with Crippen molar-refractivity contribution in [3.05, 3.63) is 45.7 Å². The Bertz CT molecular complexity index is 1710. The number of hydrogen-bond donors (Lipinski definition) is 0. The summed E-state index contributed by atoms with van der Waals surface area (Å²) in [5, 5.41) is 10.5. The Balaban J connectivity index is 2.08. The first kappa shape index (κ1) is 35.2. The lowest BCUT2D eigenvalue weighted by Gasteiger charge is -2.46. The first-order valence-electron chi connectivity index (χ1n) is 14.8. The SMILES string of the molecule is COc1ccc(-c2c3c(n([C@@H]4O[C@@H](COC(C)=O)[C@H](OC(C)=O)[C@H](OC(C)=O)[C@@H]4OC(C)=O)c(=S)c2C#N)CC(C)(C)CC3=O)cc1. The predicted octanol–water partition coefficient (Wildman–Crippen LogP) is 4.18. The topological polar surface area (TPSA) is 169 Å². The summed E-state index contributed by atoms with van der Waals surface area (Å²) in [6.07, 6.45) is -6.63. The van der Waals surface area contributed by atoms with Crippen LogP contribution in [0.2, 0.25) is 0 Å². The van der Waals surface area contributed by atoms with Crippen LogP contribution in [0.4, 0.5) is 0 Å². The van der Waals surface area contributed by atoms with Gasteiger partial charge in [-0.1, -0.05) is 38.2 Å². The van der Waals surface area contributed by atoms with Crippen molar-refractivity contribution in [1.82, 2.24) is 4.57 Å². The largest absolute Gasteiger partial charge is 0.497 e. The molecule has 5 atom stereocenters. The fourth-order valence-electron chi connectivity index (χ4n) is 6.09. The number of methoxy groups -OCH3 is 1. The molecule has 1 fully saturated rings. The van der Waals surface area contributed by atoms with E-state index in [-0.39, 0.29) is 34.4 Å². The summed E-state index contributed by atoms with van der Waals surface area (Å²) in [5.41, 5.74) is 0.903. The van der Waals surface area contributed by atoms with Crippen molar-refractivity contribution in [2.24, 2.45) is 5.41 Å². The van der Waals surface area contributed by atoms with Crippen molar-refractivity contribution in [3.63, 3.8) is 0 Å². The smallest absolute Gasteiger partial charge is 0.303 e. The van der Waals surface area contributed by atoms with Crippen LogP contribution >= 0.6 is 12.2 Å². The molecule has 13 nitrogen and oxygen atoms in total. The number of nitrogens with zero attached hydrogens (tertiary/aromatic N) is 2. The van der Waals surface area contributed by atoms with Crippen LogP contribution in [0.15, 0.2) is 24.3 Å². The van der Waals surface area contributed by atoms with Gasteiger partial charge in [-0.25, -0.2) is 0 Å². The van der Waals surface area contributed by atoms with E-state index in [9.17, 15) is 29.2 Å². The number of pyridine rings is 1. The van der Waals surface area contributed by atoms with Gasteiger partial charge in [0.05, 0.1) is 12.7 Å². The first-order valence-corrected chi connectivity index (χ1v) is 15.2. The molecule has 14 heteroatoms. The van der Waals surface area contributed by atoms with E-state index in [1.54, 1.807) is 24.3 Å². The Morgan fingerprint density at radius 2 is 1.49 bits per heavy atom. The van der Waals surface area contributed by atoms with Crippen molar-refractivity contribution in [1.29, 1.82) is 5.26 Å². The molecule has 0 bridgehead atoms. The van der Waals surface area contributed by atoms with Gasteiger partial charge in [0, 0.05) is 50.9 Å². The lowest BCUT2D eigenvalue weighted by molar-refractivity contribution is -0.269. The molecule has 2 aromatic rings. The molecule has 0 amide bonds. The summed E-state index contributed by atoms with van der Waals surface area (Å²) in [6, 6.07) is 8.98. The number of aromatic nitrogens is 1. The molecule has 4 rings (SSSR count). The normalized spacial score (nSPS) is 23.0. The number of carbonyl (C=O) groups excluding carboxylic acids is 5. The second kappa shape index (κ2) is 14.0. The Morgan fingerprint density at radius 1 is 0.915 bits per heavy atom. The van der Waals surface area contributed by atoms with Crippen LogP contribution in [0, 0.1) is 21.4 Å². The van der Waals surface area contributed by atoms with E-state index >= 15 is 0 Å². The van der Waals surface area contributed by atoms with E-state index in [2.05, 4.69) is 6.07 Å². The van der Waals surface area contributed by atoms with E-state index in [1.165, 1.54) is 18.6 Å². The maximum Gasteiger partial charge on any atom is 0.303 e. The number of nitriles is 1. The molecule has 1 saturated heterocycles. The Hall–Kier alpha value is -4.61. The molecule has 0 radical (unpaired) electrons. The molecule has 0 N–H and O–H groups in total. The summed E-state index contributed by atoms with van der Waals surface area (Å²) < 4.78 is 35.2. The van der Waals surface area contributed by atoms with Crippen LogP contribution in [-0.2, 0) is 49.3 Å². The maximum atomic E-state index is 14.0. The van der Waals surface area contributed by atoms with Gasteiger partial charge in [0.25, 0.3) is 0 Å². The van der Waals surface area contributed by atoms with Gasteiger partial charge in [-0.2, -0.15) is 5.26 Å². The summed E-state index contributed by atoms with van der Waals surface area (Å²) in [7, 11) is 1.52. The van der Waals surface area contributed by atoms with Crippen molar-refractivity contribution < 1.29 is 52.4 Å². The summed E-state index contributed by atoms with van der Waals surface area (Å²) in [5.74, 6) is -2.74. The van der Waals surface area contributed by atoms with Gasteiger partial charge in [0.15, 0.2) is 30.3 Å². The van der Waals surface area contributed by atoms with Crippen LogP contribution in [0.25, 0.3) is 11.1 Å². The number of carbonyl (C=O) groups is 5. The molecule has 47 heavy (non-hydrogen) atoms. The van der Waals surface area contributed by atoms with E-state index in [4.69, 9.17) is 40.6 Å². The minimum atomic E-state index is -1.50. The Labute approximate surface area is 276 Å². The van der Waals surface area contributed by atoms with Gasteiger partial charge >= 0.3 is 23.9 Å². The number of ether oxygens (including phenoxy) is 6. The van der Waals surface area contributed by atoms with Gasteiger partial charge in [-0.3, -0.25) is 24.0 Å². The zero-order chi connectivity index (χ0) is 34.8. The third kappa shape index (κ3) is 7.52. The molecule has 1 aliphatic carbocycles. The van der Waals surface area contributed by atoms with Crippen LogP contribution in [0.5, 0.6) is 5.75 Å². The summed E-state index contributed by atoms with van der Waals surface area (Å²) in [4.78, 5) is 63.0. The van der Waals surface area contributed by atoms with E-state index < -0.39 is 66.5 Å².